The topological polar surface area (TPSA) is 26.0 Å². The van der Waals surface area contributed by atoms with Gasteiger partial charge in [-0.2, -0.15) is 0 Å². The van der Waals surface area contributed by atoms with Gasteiger partial charge >= 0.3 is 0 Å². The fourth-order valence-electron chi connectivity index (χ4n) is 1.60. The van der Waals surface area contributed by atoms with Gasteiger partial charge < -0.3 is 5.73 Å². The van der Waals surface area contributed by atoms with Gasteiger partial charge in [0.05, 0.1) is 0 Å². The van der Waals surface area contributed by atoms with Crippen LogP contribution in [0.4, 0.5) is 5.69 Å². The highest BCUT2D eigenvalue weighted by Gasteiger charge is 2.07. The number of fused-ring (bicyclic) bond motifs is 1. The molecule has 2 aromatic carbocycles. The smallest absolute Gasteiger partial charge is 0.129 e. The summed E-state index contributed by atoms with van der Waals surface area (Å²) in [5.74, 6) is 3.27. The van der Waals surface area contributed by atoms with Crippen LogP contribution in [0.1, 0.15) is 5.56 Å². The van der Waals surface area contributed by atoms with E-state index in [4.69, 9.17) is 5.73 Å². The molecule has 0 saturated carbocycles. The standard InChI is InChI=1S/C15H17NSi/c1-17(2,3)9-8-12-4-5-14-11-15(16)7-6-13(14)10-12/h4-7,10-11H,16H2,1-3H3. The first-order valence-corrected chi connectivity index (χ1v) is 9.26. The maximum atomic E-state index is 5.76. The fourth-order valence-corrected chi connectivity index (χ4v) is 2.12. The predicted octanol–water partition coefficient (Wildman–Crippen LogP) is 3.65. The highest BCUT2D eigenvalue weighted by atomic mass is 28.3. The van der Waals surface area contributed by atoms with E-state index in [1.165, 1.54) is 10.8 Å². The van der Waals surface area contributed by atoms with Gasteiger partial charge in [-0.05, 0) is 35.0 Å². The molecule has 0 unspecified atom stereocenters. The van der Waals surface area contributed by atoms with E-state index in [9.17, 15) is 0 Å². The molecule has 2 rings (SSSR count). The van der Waals surface area contributed by atoms with E-state index >= 15 is 0 Å². The molecule has 0 atom stereocenters. The number of hydrogen-bond donors (Lipinski definition) is 1. The van der Waals surface area contributed by atoms with Gasteiger partial charge in [-0.1, -0.05) is 37.7 Å². The molecule has 0 aromatic heterocycles. The molecule has 0 spiro atoms. The number of anilines is 1. The highest BCUT2D eigenvalue weighted by molar-refractivity contribution is 6.83. The Balaban J connectivity index is 2.44. The van der Waals surface area contributed by atoms with Gasteiger partial charge in [0.25, 0.3) is 0 Å². The SMILES string of the molecule is C[Si](C)(C)C#Cc1ccc2cc(N)ccc2c1. The van der Waals surface area contributed by atoms with Crippen molar-refractivity contribution in [3.8, 4) is 11.5 Å². The van der Waals surface area contributed by atoms with Crippen molar-refractivity contribution in [3.63, 3.8) is 0 Å². The number of benzene rings is 2. The van der Waals surface area contributed by atoms with Gasteiger partial charge in [0.1, 0.15) is 8.07 Å². The van der Waals surface area contributed by atoms with Crippen molar-refractivity contribution in [2.75, 3.05) is 5.73 Å². The average Bonchev–Trinajstić information content (AvgIpc) is 2.25. The third-order valence-corrected chi connectivity index (χ3v) is 3.32. The molecule has 86 valence electrons. The lowest BCUT2D eigenvalue weighted by Crippen LogP contribution is -2.16. The summed E-state index contributed by atoms with van der Waals surface area (Å²) in [6.45, 7) is 6.76. The van der Waals surface area contributed by atoms with Crippen molar-refractivity contribution in [2.24, 2.45) is 0 Å². The van der Waals surface area contributed by atoms with E-state index < -0.39 is 8.07 Å². The van der Waals surface area contributed by atoms with Gasteiger partial charge in [0.15, 0.2) is 0 Å². The Kier molecular flexibility index (Phi) is 2.95. The number of nitrogens with two attached hydrogens (primary N) is 1. The van der Waals surface area contributed by atoms with Crippen LogP contribution < -0.4 is 5.73 Å². The second-order valence-corrected chi connectivity index (χ2v) is 10.1. The summed E-state index contributed by atoms with van der Waals surface area (Å²) in [7, 11) is -1.30. The van der Waals surface area contributed by atoms with Crippen molar-refractivity contribution in [2.45, 2.75) is 19.6 Å². The zero-order chi connectivity index (χ0) is 12.5. The van der Waals surface area contributed by atoms with Crippen molar-refractivity contribution < 1.29 is 0 Å². The van der Waals surface area contributed by atoms with Crippen LogP contribution in [-0.2, 0) is 0 Å². The summed E-state index contributed by atoms with van der Waals surface area (Å²) in [6, 6.07) is 12.2. The number of nitrogen functional groups attached to an aromatic ring is 1. The first-order chi connectivity index (χ1) is 7.94. The Hall–Kier alpha value is -1.72. The maximum absolute atomic E-state index is 5.76. The average molecular weight is 239 g/mol. The monoisotopic (exact) mass is 239 g/mol. The molecule has 0 aliphatic carbocycles. The largest absolute Gasteiger partial charge is 0.399 e. The van der Waals surface area contributed by atoms with Crippen LogP contribution in [0.15, 0.2) is 36.4 Å². The summed E-state index contributed by atoms with van der Waals surface area (Å²) in [5.41, 5.74) is 11.0. The Bertz CT molecular complexity index is 612. The maximum Gasteiger partial charge on any atom is 0.129 e. The normalized spacial score (nSPS) is 11.0. The molecule has 0 heterocycles. The number of rotatable bonds is 0. The molecule has 17 heavy (non-hydrogen) atoms. The third-order valence-electron chi connectivity index (χ3n) is 2.45. The van der Waals surface area contributed by atoms with Crippen LogP contribution in [0.2, 0.25) is 19.6 Å². The minimum absolute atomic E-state index is 0.804. The molecule has 0 saturated heterocycles. The molecule has 0 aliphatic heterocycles. The van der Waals surface area contributed by atoms with E-state index in [2.05, 4.69) is 49.3 Å². The van der Waals surface area contributed by atoms with Crippen molar-refractivity contribution in [3.05, 3.63) is 42.0 Å². The zero-order valence-electron chi connectivity index (χ0n) is 10.5. The molecule has 0 fully saturated rings. The second-order valence-electron chi connectivity index (χ2n) is 5.32. The second kappa shape index (κ2) is 4.27. The van der Waals surface area contributed by atoms with Crippen molar-refractivity contribution >= 4 is 24.5 Å². The first-order valence-electron chi connectivity index (χ1n) is 5.76. The first kappa shape index (κ1) is 11.8. The minimum atomic E-state index is -1.30. The predicted molar refractivity (Wildman–Crippen MR) is 78.6 cm³/mol. The molecule has 2 heteroatoms. The van der Waals surface area contributed by atoms with E-state index in [-0.39, 0.29) is 0 Å². The summed E-state index contributed by atoms with van der Waals surface area (Å²) in [5, 5.41) is 2.37. The summed E-state index contributed by atoms with van der Waals surface area (Å²) >= 11 is 0. The van der Waals surface area contributed by atoms with E-state index in [1.54, 1.807) is 0 Å². The Morgan fingerprint density at radius 2 is 1.59 bits per heavy atom. The Morgan fingerprint density at radius 1 is 0.941 bits per heavy atom. The van der Waals surface area contributed by atoms with Gasteiger partial charge in [0.2, 0.25) is 0 Å². The molecule has 2 aromatic rings. The van der Waals surface area contributed by atoms with Crippen molar-refractivity contribution in [1.82, 2.24) is 0 Å². The Morgan fingerprint density at radius 3 is 2.29 bits per heavy atom. The third kappa shape index (κ3) is 3.12. The molecule has 0 aliphatic rings. The molecular formula is C15H17NSi. The van der Waals surface area contributed by atoms with Crippen molar-refractivity contribution in [1.29, 1.82) is 0 Å². The van der Waals surface area contributed by atoms with E-state index in [0.29, 0.717) is 0 Å². The molecule has 0 radical (unpaired) electrons. The highest BCUT2D eigenvalue weighted by Crippen LogP contribution is 2.18. The molecule has 0 bridgehead atoms. The van der Waals surface area contributed by atoms with E-state index in [0.717, 1.165) is 11.3 Å². The summed E-state index contributed by atoms with van der Waals surface area (Å²) < 4.78 is 0. The molecular weight excluding hydrogens is 222 g/mol. The van der Waals surface area contributed by atoms with Crippen LogP contribution in [-0.4, -0.2) is 8.07 Å². The molecule has 2 N–H and O–H groups in total. The van der Waals surface area contributed by atoms with Crippen LogP contribution >= 0.6 is 0 Å². The van der Waals surface area contributed by atoms with Crippen LogP contribution in [0, 0.1) is 11.5 Å². The van der Waals surface area contributed by atoms with Gasteiger partial charge in [-0.3, -0.25) is 0 Å². The van der Waals surface area contributed by atoms with Gasteiger partial charge in [-0.25, -0.2) is 0 Å². The van der Waals surface area contributed by atoms with Crippen LogP contribution in [0.25, 0.3) is 10.8 Å². The van der Waals surface area contributed by atoms with Crippen LogP contribution in [0.5, 0.6) is 0 Å². The quantitative estimate of drug-likeness (QED) is 0.424. The lowest BCUT2D eigenvalue weighted by molar-refractivity contribution is 1.68. The van der Waals surface area contributed by atoms with Gasteiger partial charge in [0, 0.05) is 11.3 Å². The molecule has 1 nitrogen and oxygen atoms in total. The molecule has 0 amide bonds. The fraction of sp³-hybridized carbons (Fsp3) is 0.200. The lowest BCUT2D eigenvalue weighted by Gasteiger charge is -2.04. The number of hydrogen-bond acceptors (Lipinski definition) is 1. The minimum Gasteiger partial charge on any atom is -0.399 e. The van der Waals surface area contributed by atoms with E-state index in [1.807, 2.05) is 18.2 Å². The summed E-state index contributed by atoms with van der Waals surface area (Å²) in [6.07, 6.45) is 0. The van der Waals surface area contributed by atoms with Gasteiger partial charge in [-0.15, -0.1) is 5.54 Å². The van der Waals surface area contributed by atoms with Crippen LogP contribution in [0.3, 0.4) is 0 Å². The lowest BCUT2D eigenvalue weighted by atomic mass is 10.1. The summed E-state index contributed by atoms with van der Waals surface area (Å²) in [4.78, 5) is 0. The zero-order valence-corrected chi connectivity index (χ0v) is 11.5. The Labute approximate surface area is 104 Å².